The van der Waals surface area contributed by atoms with Crippen LogP contribution in [0, 0.1) is 0 Å². The molecule has 0 unspecified atom stereocenters. The summed E-state index contributed by atoms with van der Waals surface area (Å²) >= 11 is 0. The third-order valence-corrected chi connectivity index (χ3v) is 4.53. The quantitative estimate of drug-likeness (QED) is 0.851. The highest BCUT2D eigenvalue weighted by Crippen LogP contribution is 2.23. The minimum absolute atomic E-state index is 0.314. The van der Waals surface area contributed by atoms with Crippen molar-refractivity contribution in [2.75, 3.05) is 14.1 Å². The van der Waals surface area contributed by atoms with E-state index in [2.05, 4.69) is 0 Å². The van der Waals surface area contributed by atoms with E-state index in [1.807, 2.05) is 36.4 Å². The normalized spacial score (nSPS) is 11.7. The van der Waals surface area contributed by atoms with Gasteiger partial charge in [0, 0.05) is 14.1 Å². The van der Waals surface area contributed by atoms with Crippen molar-refractivity contribution in [1.82, 2.24) is 4.31 Å². The van der Waals surface area contributed by atoms with E-state index in [9.17, 15) is 8.42 Å². The second kappa shape index (κ2) is 4.92. The minimum Gasteiger partial charge on any atom is -0.207 e. The van der Waals surface area contributed by atoms with Crippen LogP contribution in [0.3, 0.4) is 0 Å². The van der Waals surface area contributed by atoms with Crippen molar-refractivity contribution < 1.29 is 8.42 Å². The fourth-order valence-corrected chi connectivity index (χ4v) is 2.63. The molecule has 0 aromatic heterocycles. The van der Waals surface area contributed by atoms with Crippen molar-refractivity contribution >= 4 is 10.0 Å². The van der Waals surface area contributed by atoms with Crippen molar-refractivity contribution in [3.05, 3.63) is 54.6 Å². The Morgan fingerprint density at radius 1 is 0.833 bits per heavy atom. The van der Waals surface area contributed by atoms with Crippen LogP contribution in [0.4, 0.5) is 0 Å². The van der Waals surface area contributed by atoms with Gasteiger partial charge in [0.15, 0.2) is 0 Å². The van der Waals surface area contributed by atoms with E-state index in [0.29, 0.717) is 4.90 Å². The van der Waals surface area contributed by atoms with Gasteiger partial charge in [-0.2, -0.15) is 0 Å². The molecule has 0 spiro atoms. The highest BCUT2D eigenvalue weighted by molar-refractivity contribution is 7.89. The van der Waals surface area contributed by atoms with Gasteiger partial charge in [-0.05, 0) is 23.3 Å². The second-order valence-electron chi connectivity index (χ2n) is 4.18. The molecule has 0 radical (unpaired) electrons. The fourth-order valence-electron chi connectivity index (χ4n) is 1.68. The van der Waals surface area contributed by atoms with E-state index < -0.39 is 10.0 Å². The molecule has 94 valence electrons. The van der Waals surface area contributed by atoms with E-state index in [4.69, 9.17) is 0 Å². The molecule has 0 aliphatic rings. The van der Waals surface area contributed by atoms with Crippen LogP contribution in [0.5, 0.6) is 0 Å². The Morgan fingerprint density at radius 2 is 1.44 bits per heavy atom. The lowest BCUT2D eigenvalue weighted by Crippen LogP contribution is -2.22. The van der Waals surface area contributed by atoms with Gasteiger partial charge in [0.2, 0.25) is 10.0 Å². The summed E-state index contributed by atoms with van der Waals surface area (Å²) in [4.78, 5) is 0.314. The summed E-state index contributed by atoms with van der Waals surface area (Å²) in [5.74, 6) is 0. The first-order valence-corrected chi connectivity index (χ1v) is 7.04. The van der Waals surface area contributed by atoms with Crippen LogP contribution in [-0.2, 0) is 10.0 Å². The maximum Gasteiger partial charge on any atom is 0.242 e. The SMILES string of the molecule is CN(C)S(=O)(=O)c1cccc(-c2ccccc2)c1. The summed E-state index contributed by atoms with van der Waals surface area (Å²) in [5, 5.41) is 0. The molecular formula is C14H15NO2S. The first-order valence-electron chi connectivity index (χ1n) is 5.60. The van der Waals surface area contributed by atoms with Crippen LogP contribution in [0.25, 0.3) is 11.1 Å². The number of benzene rings is 2. The van der Waals surface area contributed by atoms with Crippen LogP contribution in [0.1, 0.15) is 0 Å². The van der Waals surface area contributed by atoms with Crippen molar-refractivity contribution in [2.45, 2.75) is 4.90 Å². The Labute approximate surface area is 108 Å². The smallest absolute Gasteiger partial charge is 0.207 e. The molecule has 0 heterocycles. The van der Waals surface area contributed by atoms with Gasteiger partial charge in [0.1, 0.15) is 0 Å². The number of sulfonamides is 1. The molecule has 0 fully saturated rings. The summed E-state index contributed by atoms with van der Waals surface area (Å²) in [7, 11) is -0.310. The number of rotatable bonds is 3. The lowest BCUT2D eigenvalue weighted by molar-refractivity contribution is 0.521. The fraction of sp³-hybridized carbons (Fsp3) is 0.143. The van der Waals surface area contributed by atoms with Gasteiger partial charge in [0.25, 0.3) is 0 Å². The van der Waals surface area contributed by atoms with E-state index in [1.165, 1.54) is 18.4 Å². The number of hydrogen-bond donors (Lipinski definition) is 0. The predicted molar refractivity (Wildman–Crippen MR) is 72.8 cm³/mol. The number of hydrogen-bond acceptors (Lipinski definition) is 2. The van der Waals surface area contributed by atoms with E-state index >= 15 is 0 Å². The van der Waals surface area contributed by atoms with Crippen molar-refractivity contribution in [3.8, 4) is 11.1 Å². The third-order valence-electron chi connectivity index (χ3n) is 2.72. The lowest BCUT2D eigenvalue weighted by Gasteiger charge is -2.12. The number of nitrogens with zero attached hydrogens (tertiary/aromatic N) is 1. The van der Waals surface area contributed by atoms with E-state index in [-0.39, 0.29) is 0 Å². The molecule has 2 aromatic carbocycles. The first kappa shape index (κ1) is 12.8. The molecule has 18 heavy (non-hydrogen) atoms. The molecule has 0 aliphatic heterocycles. The topological polar surface area (TPSA) is 37.4 Å². The highest BCUT2D eigenvalue weighted by atomic mass is 32.2. The average molecular weight is 261 g/mol. The van der Waals surface area contributed by atoms with Crippen molar-refractivity contribution in [3.63, 3.8) is 0 Å². The van der Waals surface area contributed by atoms with Crippen LogP contribution in [-0.4, -0.2) is 26.8 Å². The van der Waals surface area contributed by atoms with Gasteiger partial charge in [-0.3, -0.25) is 0 Å². The predicted octanol–water partition coefficient (Wildman–Crippen LogP) is 2.60. The zero-order valence-corrected chi connectivity index (χ0v) is 11.2. The second-order valence-corrected chi connectivity index (χ2v) is 6.33. The van der Waals surface area contributed by atoms with Crippen LogP contribution in [0.2, 0.25) is 0 Å². The summed E-state index contributed by atoms with van der Waals surface area (Å²) in [6.45, 7) is 0. The molecule has 0 saturated heterocycles. The Hall–Kier alpha value is -1.65. The van der Waals surface area contributed by atoms with Crippen LogP contribution >= 0.6 is 0 Å². The van der Waals surface area contributed by atoms with Gasteiger partial charge in [-0.25, -0.2) is 12.7 Å². The maximum absolute atomic E-state index is 12.0. The molecule has 0 atom stereocenters. The van der Waals surface area contributed by atoms with E-state index in [0.717, 1.165) is 11.1 Å². The Bertz CT molecular complexity index is 634. The summed E-state index contributed by atoms with van der Waals surface area (Å²) in [6, 6.07) is 16.7. The molecule has 0 aliphatic carbocycles. The van der Waals surface area contributed by atoms with Gasteiger partial charge < -0.3 is 0 Å². The van der Waals surface area contributed by atoms with E-state index in [1.54, 1.807) is 18.2 Å². The highest BCUT2D eigenvalue weighted by Gasteiger charge is 2.17. The van der Waals surface area contributed by atoms with Crippen LogP contribution in [0.15, 0.2) is 59.5 Å². The molecule has 0 N–H and O–H groups in total. The third kappa shape index (κ3) is 2.44. The lowest BCUT2D eigenvalue weighted by atomic mass is 10.1. The summed E-state index contributed by atoms with van der Waals surface area (Å²) in [5.41, 5.74) is 1.91. The monoisotopic (exact) mass is 261 g/mol. The van der Waals surface area contributed by atoms with Crippen molar-refractivity contribution in [1.29, 1.82) is 0 Å². The zero-order valence-electron chi connectivity index (χ0n) is 10.4. The van der Waals surface area contributed by atoms with Gasteiger partial charge in [-0.15, -0.1) is 0 Å². The first-order chi connectivity index (χ1) is 8.51. The molecule has 4 heteroatoms. The minimum atomic E-state index is -3.37. The van der Waals surface area contributed by atoms with Gasteiger partial charge in [-0.1, -0.05) is 42.5 Å². The standard InChI is InChI=1S/C14H15NO2S/c1-15(2)18(16,17)14-10-6-9-13(11-14)12-7-4-3-5-8-12/h3-11H,1-2H3. The Balaban J connectivity index is 2.50. The summed E-state index contributed by atoms with van der Waals surface area (Å²) in [6.07, 6.45) is 0. The molecule has 0 amide bonds. The van der Waals surface area contributed by atoms with Crippen LogP contribution < -0.4 is 0 Å². The van der Waals surface area contributed by atoms with Gasteiger partial charge in [0.05, 0.1) is 4.90 Å². The Morgan fingerprint density at radius 3 is 2.06 bits per heavy atom. The molecular weight excluding hydrogens is 246 g/mol. The average Bonchev–Trinajstić information content (AvgIpc) is 2.40. The van der Waals surface area contributed by atoms with Gasteiger partial charge >= 0.3 is 0 Å². The molecule has 0 saturated carbocycles. The molecule has 2 rings (SSSR count). The Kier molecular flexibility index (Phi) is 3.50. The molecule has 0 bridgehead atoms. The largest absolute Gasteiger partial charge is 0.242 e. The molecule has 2 aromatic rings. The molecule has 3 nitrogen and oxygen atoms in total. The maximum atomic E-state index is 12.0. The van der Waals surface area contributed by atoms with Crippen molar-refractivity contribution in [2.24, 2.45) is 0 Å². The summed E-state index contributed by atoms with van der Waals surface area (Å²) < 4.78 is 25.3. The zero-order chi connectivity index (χ0) is 13.2.